The number of nitrogens with two attached hydrogens (primary N) is 2. The van der Waals surface area contributed by atoms with Gasteiger partial charge in [-0.1, -0.05) is 0 Å². The minimum absolute atomic E-state index is 0.170. The fraction of sp³-hybridized carbons (Fsp3) is 0.167. The third-order valence-corrected chi connectivity index (χ3v) is 1.64. The minimum Gasteiger partial charge on any atom is -0.369 e. The number of aromatic nitrogens is 2. The van der Waals surface area contributed by atoms with E-state index in [0.29, 0.717) is 0 Å². The van der Waals surface area contributed by atoms with Crippen LogP contribution in [0.2, 0.25) is 0 Å². The normalized spacial score (nSPS) is 9.56. The van der Waals surface area contributed by atoms with E-state index in [1.807, 2.05) is 5.43 Å². The number of nitro groups is 1. The molecule has 0 aromatic carbocycles. The molecule has 10 nitrogen and oxygen atoms in total. The molecule has 1 amide bonds. The van der Waals surface area contributed by atoms with Crippen LogP contribution in [0.1, 0.15) is 10.6 Å². The fourth-order valence-electron chi connectivity index (χ4n) is 0.946. The first-order chi connectivity index (χ1) is 7.43. The lowest BCUT2D eigenvalue weighted by Crippen LogP contribution is -2.30. The van der Waals surface area contributed by atoms with Gasteiger partial charge in [0.15, 0.2) is 0 Å². The van der Waals surface area contributed by atoms with Gasteiger partial charge in [-0.3, -0.25) is 4.79 Å². The van der Waals surface area contributed by atoms with E-state index < -0.39 is 10.8 Å². The summed E-state index contributed by atoms with van der Waals surface area (Å²) in [6, 6.07) is 0. The van der Waals surface area contributed by atoms with E-state index >= 15 is 0 Å². The molecule has 0 unspecified atom stereocenters. The van der Waals surface area contributed by atoms with Crippen molar-refractivity contribution in [2.24, 2.45) is 23.6 Å². The van der Waals surface area contributed by atoms with Gasteiger partial charge in [0.25, 0.3) is 5.82 Å². The Morgan fingerprint density at radius 2 is 2.31 bits per heavy atom. The van der Waals surface area contributed by atoms with Crippen LogP contribution in [-0.2, 0) is 7.05 Å². The van der Waals surface area contributed by atoms with Gasteiger partial charge in [0, 0.05) is 0 Å². The average Bonchev–Trinajstić information content (AvgIpc) is 2.56. The summed E-state index contributed by atoms with van der Waals surface area (Å²) in [7, 11) is 1.33. The van der Waals surface area contributed by atoms with Crippen molar-refractivity contribution in [2.45, 2.75) is 0 Å². The van der Waals surface area contributed by atoms with E-state index in [1.165, 1.54) is 7.05 Å². The minimum atomic E-state index is -0.746. The topological polar surface area (TPSA) is 154 Å². The number of guanidine groups is 1. The number of hydrazone groups is 1. The second kappa shape index (κ2) is 4.25. The lowest BCUT2D eigenvalue weighted by molar-refractivity contribution is -0.391. The van der Waals surface area contributed by atoms with Crippen molar-refractivity contribution < 1.29 is 9.72 Å². The van der Waals surface area contributed by atoms with Crippen LogP contribution in [0.4, 0.5) is 5.82 Å². The number of carbonyl (C=O) groups is 1. The van der Waals surface area contributed by atoms with Crippen molar-refractivity contribution in [1.29, 1.82) is 0 Å². The highest BCUT2D eigenvalue weighted by atomic mass is 16.6. The van der Waals surface area contributed by atoms with Crippen LogP contribution in [0.3, 0.4) is 0 Å². The van der Waals surface area contributed by atoms with Gasteiger partial charge >= 0.3 is 11.7 Å². The molecule has 0 bridgehead atoms. The van der Waals surface area contributed by atoms with E-state index in [-0.39, 0.29) is 17.6 Å². The summed E-state index contributed by atoms with van der Waals surface area (Å²) in [4.78, 5) is 24.8. The molecular weight excluding hydrogens is 218 g/mol. The Labute approximate surface area is 89.1 Å². The standard InChI is InChI=1S/C6H9N7O3/c1-12-3(13(15)16)2-9-4(12)5(14)10-11-6(7)8/h2H,1H3,(H,10,14)(H4,7,8,11). The van der Waals surface area contributed by atoms with Crippen molar-refractivity contribution in [2.75, 3.05) is 0 Å². The second-order valence-corrected chi connectivity index (χ2v) is 2.73. The first-order valence-corrected chi connectivity index (χ1v) is 3.98. The molecule has 0 aliphatic heterocycles. The summed E-state index contributed by atoms with van der Waals surface area (Å²) >= 11 is 0. The molecular formula is C6H9N7O3. The Kier molecular flexibility index (Phi) is 3.03. The Bertz CT molecular complexity index is 459. The molecule has 16 heavy (non-hydrogen) atoms. The van der Waals surface area contributed by atoms with Crippen LogP contribution in [0.25, 0.3) is 0 Å². The summed E-state index contributed by atoms with van der Waals surface area (Å²) in [6.45, 7) is 0. The largest absolute Gasteiger partial charge is 0.369 e. The molecule has 1 aromatic heterocycles. The zero-order chi connectivity index (χ0) is 12.3. The number of hydrogen-bond acceptors (Lipinski definition) is 5. The first kappa shape index (κ1) is 11.4. The number of nitrogens with one attached hydrogen (secondary N) is 1. The molecule has 1 rings (SSSR count). The van der Waals surface area contributed by atoms with Crippen LogP contribution in [0, 0.1) is 10.1 Å². The maximum absolute atomic E-state index is 11.4. The number of nitrogens with zero attached hydrogens (tertiary/aromatic N) is 4. The van der Waals surface area contributed by atoms with Gasteiger partial charge < -0.3 is 21.6 Å². The molecule has 0 spiro atoms. The van der Waals surface area contributed by atoms with E-state index in [9.17, 15) is 14.9 Å². The Balaban J connectivity index is 2.93. The fourth-order valence-corrected chi connectivity index (χ4v) is 0.946. The van der Waals surface area contributed by atoms with Crippen molar-refractivity contribution in [3.05, 3.63) is 22.1 Å². The molecule has 0 aliphatic rings. The smallest absolute Gasteiger partial charge is 0.343 e. The molecule has 5 N–H and O–H groups in total. The second-order valence-electron chi connectivity index (χ2n) is 2.73. The van der Waals surface area contributed by atoms with Gasteiger partial charge in [-0.15, -0.1) is 5.10 Å². The maximum atomic E-state index is 11.4. The quantitative estimate of drug-likeness (QED) is 0.240. The number of carbonyl (C=O) groups excluding carboxylic acids is 1. The van der Waals surface area contributed by atoms with E-state index in [1.54, 1.807) is 0 Å². The number of amides is 1. The molecule has 0 radical (unpaired) electrons. The molecule has 0 aliphatic carbocycles. The highest BCUT2D eigenvalue weighted by Gasteiger charge is 2.22. The molecule has 86 valence electrons. The lowest BCUT2D eigenvalue weighted by Gasteiger charge is -1.97. The van der Waals surface area contributed by atoms with E-state index in [4.69, 9.17) is 11.5 Å². The number of imidazole rings is 1. The van der Waals surface area contributed by atoms with Crippen molar-refractivity contribution in [3.8, 4) is 0 Å². The van der Waals surface area contributed by atoms with Crippen molar-refractivity contribution in [1.82, 2.24) is 15.0 Å². The van der Waals surface area contributed by atoms with E-state index in [0.717, 1.165) is 10.8 Å². The predicted octanol–water partition coefficient (Wildman–Crippen LogP) is -1.75. The van der Waals surface area contributed by atoms with Crippen molar-refractivity contribution in [3.63, 3.8) is 0 Å². The zero-order valence-electron chi connectivity index (χ0n) is 8.25. The average molecular weight is 227 g/mol. The molecule has 1 heterocycles. The van der Waals surface area contributed by atoms with Crippen molar-refractivity contribution >= 4 is 17.7 Å². The van der Waals surface area contributed by atoms with Gasteiger partial charge in [-0.05, 0) is 4.92 Å². The van der Waals surface area contributed by atoms with Crippen LogP contribution in [0.15, 0.2) is 11.3 Å². The number of rotatable bonds is 3. The molecule has 0 saturated carbocycles. The molecule has 0 saturated heterocycles. The Morgan fingerprint density at radius 1 is 1.69 bits per heavy atom. The van der Waals surface area contributed by atoms with Gasteiger partial charge in [-0.2, -0.15) is 0 Å². The molecule has 1 aromatic rings. The third kappa shape index (κ3) is 2.23. The lowest BCUT2D eigenvalue weighted by atomic mass is 10.6. The van der Waals surface area contributed by atoms with Crippen LogP contribution in [0.5, 0.6) is 0 Å². The summed E-state index contributed by atoms with van der Waals surface area (Å²) < 4.78 is 1.01. The highest BCUT2D eigenvalue weighted by molar-refractivity contribution is 5.92. The summed E-state index contributed by atoms with van der Waals surface area (Å²) in [5.41, 5.74) is 12.0. The van der Waals surface area contributed by atoms with Gasteiger partial charge in [0.05, 0.1) is 7.05 Å². The molecule has 0 atom stereocenters. The predicted molar refractivity (Wildman–Crippen MR) is 53.1 cm³/mol. The van der Waals surface area contributed by atoms with Gasteiger partial charge in [0.2, 0.25) is 5.96 Å². The summed E-state index contributed by atoms with van der Waals surface area (Å²) in [6.07, 6.45) is 0.963. The van der Waals surface area contributed by atoms with E-state index in [2.05, 4.69) is 10.1 Å². The zero-order valence-corrected chi connectivity index (χ0v) is 8.25. The molecule has 0 fully saturated rings. The summed E-state index contributed by atoms with van der Waals surface area (Å²) in [5.74, 6) is -1.56. The maximum Gasteiger partial charge on any atom is 0.343 e. The first-order valence-electron chi connectivity index (χ1n) is 3.98. The SMILES string of the molecule is Cn1c([N+](=O)[O-])cnc1C(=O)NN=C(N)N. The van der Waals surface area contributed by atoms with Gasteiger partial charge in [0.1, 0.15) is 6.20 Å². The Hall–Kier alpha value is -2.65. The highest BCUT2D eigenvalue weighted by Crippen LogP contribution is 2.11. The van der Waals surface area contributed by atoms with Crippen LogP contribution < -0.4 is 16.9 Å². The monoisotopic (exact) mass is 227 g/mol. The molecule has 10 heteroatoms. The third-order valence-electron chi connectivity index (χ3n) is 1.64. The van der Waals surface area contributed by atoms with Crippen LogP contribution >= 0.6 is 0 Å². The van der Waals surface area contributed by atoms with Crippen LogP contribution in [-0.4, -0.2) is 26.3 Å². The Morgan fingerprint density at radius 3 is 2.75 bits per heavy atom. The number of hydrogen-bond donors (Lipinski definition) is 3. The summed E-state index contributed by atoms with van der Waals surface area (Å²) in [5, 5.41) is 13.7. The van der Waals surface area contributed by atoms with Gasteiger partial charge in [-0.25, -0.2) is 15.0 Å².